The summed E-state index contributed by atoms with van der Waals surface area (Å²) >= 11 is 0. The lowest BCUT2D eigenvalue weighted by atomic mass is 9.96. The van der Waals surface area contributed by atoms with Gasteiger partial charge in [-0.3, -0.25) is 0 Å². The van der Waals surface area contributed by atoms with Crippen LogP contribution in [-0.4, -0.2) is 11.1 Å². The van der Waals surface area contributed by atoms with Gasteiger partial charge in [-0.2, -0.15) is 0 Å². The highest BCUT2D eigenvalue weighted by molar-refractivity contribution is 5.45. The quantitative estimate of drug-likeness (QED) is 0.752. The van der Waals surface area contributed by atoms with Gasteiger partial charge in [-0.25, -0.2) is 4.98 Å². The van der Waals surface area contributed by atoms with Crippen LogP contribution in [0.4, 0.5) is 5.69 Å². The van der Waals surface area contributed by atoms with Gasteiger partial charge in [0.1, 0.15) is 6.10 Å². The van der Waals surface area contributed by atoms with E-state index in [0.29, 0.717) is 12.0 Å². The van der Waals surface area contributed by atoms with Crippen LogP contribution in [-0.2, 0) is 0 Å². The van der Waals surface area contributed by atoms with Crippen molar-refractivity contribution in [3.63, 3.8) is 0 Å². The van der Waals surface area contributed by atoms with Gasteiger partial charge in [0, 0.05) is 6.07 Å². The number of ether oxygens (including phenoxy) is 1. The largest absolute Gasteiger partial charge is 0.474 e. The Bertz CT molecular complexity index is 308. The first kappa shape index (κ1) is 8.35. The molecule has 0 aliphatic heterocycles. The molecule has 13 heavy (non-hydrogen) atoms. The van der Waals surface area contributed by atoms with Crippen LogP contribution in [0.3, 0.4) is 0 Å². The molecule has 3 heteroatoms. The van der Waals surface area contributed by atoms with Gasteiger partial charge < -0.3 is 10.5 Å². The Morgan fingerprint density at radius 3 is 2.85 bits per heavy atom. The highest BCUT2D eigenvalue weighted by atomic mass is 16.5. The van der Waals surface area contributed by atoms with Crippen LogP contribution in [0.25, 0.3) is 0 Å². The Labute approximate surface area is 77.9 Å². The maximum Gasteiger partial charge on any atom is 0.213 e. The third-order valence-corrected chi connectivity index (χ3v) is 2.47. The molecule has 0 unspecified atom stereocenters. The van der Waals surface area contributed by atoms with Crippen molar-refractivity contribution in [2.24, 2.45) is 0 Å². The van der Waals surface area contributed by atoms with E-state index in [4.69, 9.17) is 10.5 Å². The Morgan fingerprint density at radius 1 is 1.54 bits per heavy atom. The smallest absolute Gasteiger partial charge is 0.213 e. The minimum atomic E-state index is 0.385. The number of aromatic nitrogens is 1. The number of aryl methyl sites for hydroxylation is 1. The number of hydrogen-bond donors (Lipinski definition) is 1. The average molecular weight is 178 g/mol. The van der Waals surface area contributed by atoms with Gasteiger partial charge in [0.2, 0.25) is 5.88 Å². The molecule has 1 aromatic heterocycles. The fourth-order valence-electron chi connectivity index (χ4n) is 1.26. The number of nitrogens with zero attached hydrogens (tertiary/aromatic N) is 1. The Morgan fingerprint density at radius 2 is 2.31 bits per heavy atom. The molecular weight excluding hydrogens is 164 g/mol. The molecule has 0 aromatic carbocycles. The van der Waals surface area contributed by atoms with Gasteiger partial charge in [-0.15, -0.1) is 0 Å². The summed E-state index contributed by atoms with van der Waals surface area (Å²) in [6.07, 6.45) is 5.63. The van der Waals surface area contributed by atoms with Crippen LogP contribution in [0.15, 0.2) is 12.3 Å². The zero-order valence-corrected chi connectivity index (χ0v) is 7.79. The summed E-state index contributed by atoms with van der Waals surface area (Å²) in [6.45, 7) is 1.96. The van der Waals surface area contributed by atoms with Crippen LogP contribution in [0.2, 0.25) is 0 Å². The molecule has 1 aromatic rings. The molecule has 70 valence electrons. The molecule has 0 bridgehead atoms. The van der Waals surface area contributed by atoms with E-state index in [9.17, 15) is 0 Å². The molecule has 0 atom stereocenters. The lowest BCUT2D eigenvalue weighted by molar-refractivity contribution is 0.114. The molecule has 1 heterocycles. The fourth-order valence-corrected chi connectivity index (χ4v) is 1.26. The summed E-state index contributed by atoms with van der Waals surface area (Å²) in [4.78, 5) is 4.11. The molecule has 1 aliphatic rings. The van der Waals surface area contributed by atoms with Crippen LogP contribution in [0.1, 0.15) is 24.8 Å². The van der Waals surface area contributed by atoms with Gasteiger partial charge in [-0.05, 0) is 31.7 Å². The molecule has 2 N–H and O–H groups in total. The summed E-state index contributed by atoms with van der Waals surface area (Å²) in [5.41, 5.74) is 7.40. The molecule has 1 saturated carbocycles. The van der Waals surface area contributed by atoms with Gasteiger partial charge in [0.15, 0.2) is 0 Å². The van der Waals surface area contributed by atoms with E-state index in [0.717, 1.165) is 24.1 Å². The van der Waals surface area contributed by atoms with E-state index >= 15 is 0 Å². The SMILES string of the molecule is Cc1cc(OC2CCC2)ncc1N. The topological polar surface area (TPSA) is 48.1 Å². The third kappa shape index (κ3) is 1.74. The van der Waals surface area contributed by atoms with Crippen LogP contribution in [0, 0.1) is 6.92 Å². The van der Waals surface area contributed by atoms with E-state index < -0.39 is 0 Å². The summed E-state index contributed by atoms with van der Waals surface area (Å²) in [5.74, 6) is 0.705. The summed E-state index contributed by atoms with van der Waals surface area (Å²) in [6, 6.07) is 1.90. The molecule has 0 radical (unpaired) electrons. The number of rotatable bonds is 2. The second-order valence-electron chi connectivity index (χ2n) is 3.55. The van der Waals surface area contributed by atoms with E-state index in [1.165, 1.54) is 6.42 Å². The first-order valence-electron chi connectivity index (χ1n) is 4.64. The van der Waals surface area contributed by atoms with Gasteiger partial charge in [-0.1, -0.05) is 0 Å². The molecule has 0 amide bonds. The molecule has 0 saturated heterocycles. The summed E-state index contributed by atoms with van der Waals surface area (Å²) in [5, 5.41) is 0. The normalized spacial score (nSPS) is 16.7. The van der Waals surface area contributed by atoms with Crippen molar-refractivity contribution in [1.82, 2.24) is 4.98 Å². The van der Waals surface area contributed by atoms with Crippen molar-refractivity contribution < 1.29 is 4.74 Å². The Balaban J connectivity index is 2.07. The first-order valence-corrected chi connectivity index (χ1v) is 4.64. The third-order valence-electron chi connectivity index (χ3n) is 2.47. The minimum Gasteiger partial charge on any atom is -0.474 e. The summed E-state index contributed by atoms with van der Waals surface area (Å²) in [7, 11) is 0. The second-order valence-corrected chi connectivity index (χ2v) is 3.55. The zero-order chi connectivity index (χ0) is 9.26. The van der Waals surface area contributed by atoms with Crippen molar-refractivity contribution in [3.8, 4) is 5.88 Å². The van der Waals surface area contributed by atoms with Crippen molar-refractivity contribution >= 4 is 5.69 Å². The average Bonchev–Trinajstić information content (AvgIpc) is 2.04. The molecular formula is C10H14N2O. The van der Waals surface area contributed by atoms with Crippen molar-refractivity contribution in [3.05, 3.63) is 17.8 Å². The fraction of sp³-hybridized carbons (Fsp3) is 0.500. The molecule has 1 aliphatic carbocycles. The molecule has 3 nitrogen and oxygen atoms in total. The van der Waals surface area contributed by atoms with Crippen molar-refractivity contribution in [2.45, 2.75) is 32.3 Å². The highest BCUT2D eigenvalue weighted by Gasteiger charge is 2.19. The first-order chi connectivity index (χ1) is 6.25. The Hall–Kier alpha value is -1.25. The lowest BCUT2D eigenvalue weighted by Gasteiger charge is -2.25. The van der Waals surface area contributed by atoms with Crippen LogP contribution < -0.4 is 10.5 Å². The maximum atomic E-state index is 5.65. The molecule has 0 spiro atoms. The monoisotopic (exact) mass is 178 g/mol. The Kier molecular flexibility index (Phi) is 2.08. The van der Waals surface area contributed by atoms with Gasteiger partial charge in [0.05, 0.1) is 11.9 Å². The van der Waals surface area contributed by atoms with Crippen LogP contribution in [0.5, 0.6) is 5.88 Å². The predicted molar refractivity (Wildman–Crippen MR) is 51.7 cm³/mol. The number of hydrogen-bond acceptors (Lipinski definition) is 3. The van der Waals surface area contributed by atoms with E-state index in [-0.39, 0.29) is 0 Å². The highest BCUT2D eigenvalue weighted by Crippen LogP contribution is 2.25. The van der Waals surface area contributed by atoms with Gasteiger partial charge in [0.25, 0.3) is 0 Å². The van der Waals surface area contributed by atoms with E-state index in [2.05, 4.69) is 4.98 Å². The number of pyridine rings is 1. The standard InChI is InChI=1S/C10H14N2O/c1-7-5-10(12-6-9(7)11)13-8-3-2-4-8/h5-6,8H,2-4,11H2,1H3. The second kappa shape index (κ2) is 3.24. The van der Waals surface area contributed by atoms with Crippen LogP contribution >= 0.6 is 0 Å². The van der Waals surface area contributed by atoms with Crippen molar-refractivity contribution in [1.29, 1.82) is 0 Å². The van der Waals surface area contributed by atoms with Gasteiger partial charge >= 0.3 is 0 Å². The van der Waals surface area contributed by atoms with E-state index in [1.807, 2.05) is 13.0 Å². The summed E-state index contributed by atoms with van der Waals surface area (Å²) < 4.78 is 5.62. The predicted octanol–water partition coefficient (Wildman–Crippen LogP) is 1.90. The zero-order valence-electron chi connectivity index (χ0n) is 7.79. The number of anilines is 1. The minimum absolute atomic E-state index is 0.385. The number of nitrogen functional groups attached to an aromatic ring is 1. The number of nitrogens with two attached hydrogens (primary N) is 1. The van der Waals surface area contributed by atoms with Crippen molar-refractivity contribution in [2.75, 3.05) is 5.73 Å². The van der Waals surface area contributed by atoms with E-state index in [1.54, 1.807) is 6.20 Å². The lowest BCUT2D eigenvalue weighted by Crippen LogP contribution is -2.25. The molecule has 2 rings (SSSR count). The maximum absolute atomic E-state index is 5.65. The molecule has 1 fully saturated rings.